The maximum absolute atomic E-state index is 4.34. The summed E-state index contributed by atoms with van der Waals surface area (Å²) in [5.74, 6) is 5.39. The van der Waals surface area contributed by atoms with Crippen LogP contribution in [-0.2, 0) is 19.3 Å². The Morgan fingerprint density at radius 1 is 0.576 bits per heavy atom. The lowest BCUT2D eigenvalue weighted by Gasteiger charge is -2.22. The normalized spacial score (nSPS) is 33.0. The van der Waals surface area contributed by atoms with Crippen molar-refractivity contribution >= 4 is 0 Å². The lowest BCUT2D eigenvalue weighted by Crippen LogP contribution is -2.14. The fourth-order valence-corrected chi connectivity index (χ4v) is 8.35. The van der Waals surface area contributed by atoms with Gasteiger partial charge >= 0.3 is 0 Å². The third-order valence-electron chi connectivity index (χ3n) is 9.75. The minimum absolute atomic E-state index is 0.864. The second-order valence-corrected chi connectivity index (χ2v) is 12.1. The number of rotatable bonds is 6. The molecule has 4 saturated carbocycles. The fourth-order valence-electron chi connectivity index (χ4n) is 8.35. The van der Waals surface area contributed by atoms with Crippen LogP contribution < -0.4 is 0 Å². The molecule has 0 spiro atoms. The first kappa shape index (κ1) is 21.5. The van der Waals surface area contributed by atoms with Crippen LogP contribution in [0.15, 0.2) is 72.8 Å². The van der Waals surface area contributed by atoms with Gasteiger partial charge in [-0.2, -0.15) is 0 Å². The maximum Gasteiger partial charge on any atom is -0.00256 e. The largest absolute Gasteiger partial charge is 0.0998 e. The maximum atomic E-state index is 4.34. The zero-order valence-electron chi connectivity index (χ0n) is 20.3. The summed E-state index contributed by atoms with van der Waals surface area (Å²) in [6, 6.07) is 18.7. The minimum Gasteiger partial charge on any atom is -0.0998 e. The summed E-state index contributed by atoms with van der Waals surface area (Å²) in [6.45, 7) is 8.67. The summed E-state index contributed by atoms with van der Waals surface area (Å²) in [6.07, 6.45) is 14.5. The molecule has 2 aromatic carbocycles. The smallest absolute Gasteiger partial charge is 0.00256 e. The molecule has 0 saturated heterocycles. The second kappa shape index (κ2) is 8.94. The first-order valence-corrected chi connectivity index (χ1v) is 13.6. The minimum atomic E-state index is 0.864. The Morgan fingerprint density at radius 2 is 1.09 bits per heavy atom. The van der Waals surface area contributed by atoms with Crippen molar-refractivity contribution in [1.29, 1.82) is 0 Å². The monoisotopic (exact) mass is 436 g/mol. The molecule has 0 amide bonds. The molecule has 6 rings (SSSR count). The summed E-state index contributed by atoms with van der Waals surface area (Å²) in [4.78, 5) is 0. The van der Waals surface area contributed by atoms with Gasteiger partial charge in [-0.1, -0.05) is 72.8 Å². The summed E-state index contributed by atoms with van der Waals surface area (Å²) in [7, 11) is 0. The molecule has 0 heteroatoms. The Labute approximate surface area is 201 Å². The van der Waals surface area contributed by atoms with E-state index in [1.165, 1.54) is 86.5 Å². The Balaban J connectivity index is 1.24. The van der Waals surface area contributed by atoms with E-state index in [9.17, 15) is 0 Å². The topological polar surface area (TPSA) is 0 Å². The van der Waals surface area contributed by atoms with Crippen molar-refractivity contribution < 1.29 is 0 Å². The van der Waals surface area contributed by atoms with Gasteiger partial charge in [-0.25, -0.2) is 0 Å². The van der Waals surface area contributed by atoms with Crippen LogP contribution in [0.25, 0.3) is 0 Å². The van der Waals surface area contributed by atoms with E-state index in [0.29, 0.717) is 0 Å². The standard InChI is InChI=1S/C33H40/c1-22-12-28-8-10-30(32(28)14-22)20-26-17-25(16-24-6-4-3-5-7-24)18-27(19-26)21-31-11-9-29-13-23(2)15-33(29)31/h3-7,17-19,28-33H,1-2,8-16,20-21H2/t28?,29?,30-,31-,32-,33-/m0/s1. The van der Waals surface area contributed by atoms with Crippen molar-refractivity contribution in [2.45, 2.75) is 70.6 Å². The quantitative estimate of drug-likeness (QED) is 0.399. The van der Waals surface area contributed by atoms with E-state index in [-0.39, 0.29) is 0 Å². The van der Waals surface area contributed by atoms with Gasteiger partial charge in [-0.05, 0) is 128 Å². The molecule has 4 fully saturated rings. The van der Waals surface area contributed by atoms with Crippen LogP contribution in [0.2, 0.25) is 0 Å². The van der Waals surface area contributed by atoms with E-state index in [1.807, 2.05) is 0 Å². The molecule has 33 heavy (non-hydrogen) atoms. The van der Waals surface area contributed by atoms with Crippen LogP contribution in [0.1, 0.15) is 73.6 Å². The summed E-state index contributed by atoms with van der Waals surface area (Å²) < 4.78 is 0. The zero-order chi connectivity index (χ0) is 22.4. The highest BCUT2D eigenvalue weighted by molar-refractivity contribution is 5.35. The summed E-state index contributed by atoms with van der Waals surface area (Å²) in [5, 5.41) is 0. The van der Waals surface area contributed by atoms with E-state index in [1.54, 1.807) is 11.1 Å². The third-order valence-corrected chi connectivity index (χ3v) is 9.75. The number of fused-ring (bicyclic) bond motifs is 2. The van der Waals surface area contributed by atoms with E-state index >= 15 is 0 Å². The molecular weight excluding hydrogens is 396 g/mol. The molecular formula is C33H40. The van der Waals surface area contributed by atoms with Crippen LogP contribution >= 0.6 is 0 Å². The molecule has 0 N–H and O–H groups in total. The Morgan fingerprint density at radius 3 is 1.64 bits per heavy atom. The molecule has 0 bridgehead atoms. The molecule has 0 aromatic heterocycles. The molecule has 4 aliphatic rings. The molecule has 2 aromatic rings. The molecule has 6 atom stereocenters. The first-order valence-electron chi connectivity index (χ1n) is 13.6. The zero-order valence-corrected chi connectivity index (χ0v) is 20.3. The predicted molar refractivity (Wildman–Crippen MR) is 139 cm³/mol. The van der Waals surface area contributed by atoms with Crippen molar-refractivity contribution in [2.24, 2.45) is 35.5 Å². The van der Waals surface area contributed by atoms with Crippen molar-refractivity contribution in [3.63, 3.8) is 0 Å². The second-order valence-electron chi connectivity index (χ2n) is 12.1. The van der Waals surface area contributed by atoms with Crippen molar-refractivity contribution in [3.05, 3.63) is 95.1 Å². The van der Waals surface area contributed by atoms with Gasteiger partial charge < -0.3 is 0 Å². The Bertz CT molecular complexity index is 967. The van der Waals surface area contributed by atoms with Gasteiger partial charge in [-0.3, -0.25) is 0 Å². The summed E-state index contributed by atoms with van der Waals surface area (Å²) >= 11 is 0. The molecule has 2 unspecified atom stereocenters. The van der Waals surface area contributed by atoms with Gasteiger partial charge in [0.05, 0.1) is 0 Å². The average Bonchev–Trinajstić information content (AvgIpc) is 3.53. The van der Waals surface area contributed by atoms with Crippen molar-refractivity contribution in [2.75, 3.05) is 0 Å². The molecule has 4 aliphatic carbocycles. The van der Waals surface area contributed by atoms with Crippen LogP contribution in [0.4, 0.5) is 0 Å². The van der Waals surface area contributed by atoms with Gasteiger partial charge in [0.2, 0.25) is 0 Å². The van der Waals surface area contributed by atoms with Crippen molar-refractivity contribution in [3.8, 4) is 0 Å². The van der Waals surface area contributed by atoms with Crippen LogP contribution in [0, 0.1) is 35.5 Å². The van der Waals surface area contributed by atoms with Crippen LogP contribution in [-0.4, -0.2) is 0 Å². The lowest BCUT2D eigenvalue weighted by molar-refractivity contribution is 0.350. The average molecular weight is 437 g/mol. The van der Waals surface area contributed by atoms with Gasteiger partial charge in [0, 0.05) is 0 Å². The fraction of sp³-hybridized carbons (Fsp3) is 0.515. The van der Waals surface area contributed by atoms with Gasteiger partial charge in [0.1, 0.15) is 0 Å². The predicted octanol–water partition coefficient (Wildman–Crippen LogP) is 8.35. The van der Waals surface area contributed by atoms with E-state index in [4.69, 9.17) is 0 Å². The molecule has 0 nitrogen and oxygen atoms in total. The van der Waals surface area contributed by atoms with Gasteiger partial charge in [0.25, 0.3) is 0 Å². The van der Waals surface area contributed by atoms with Crippen LogP contribution in [0.3, 0.4) is 0 Å². The molecule has 0 heterocycles. The Kier molecular flexibility index (Phi) is 5.81. The highest BCUT2D eigenvalue weighted by atomic mass is 14.5. The lowest BCUT2D eigenvalue weighted by atomic mass is 9.83. The first-order chi connectivity index (χ1) is 16.1. The van der Waals surface area contributed by atoms with Gasteiger partial charge in [-0.15, -0.1) is 0 Å². The number of allylic oxidation sites excluding steroid dienone is 2. The molecule has 0 aliphatic heterocycles. The van der Waals surface area contributed by atoms with E-state index in [2.05, 4.69) is 61.7 Å². The molecule has 0 radical (unpaired) electrons. The van der Waals surface area contributed by atoms with Gasteiger partial charge in [0.15, 0.2) is 0 Å². The highest BCUT2D eigenvalue weighted by Crippen LogP contribution is 2.51. The van der Waals surface area contributed by atoms with E-state index < -0.39 is 0 Å². The number of hydrogen-bond acceptors (Lipinski definition) is 0. The highest BCUT2D eigenvalue weighted by Gasteiger charge is 2.41. The van der Waals surface area contributed by atoms with E-state index in [0.717, 1.165) is 41.9 Å². The number of benzene rings is 2. The van der Waals surface area contributed by atoms with Crippen molar-refractivity contribution in [1.82, 2.24) is 0 Å². The molecule has 172 valence electrons. The SMILES string of the molecule is C=C1CC2CC[C@@H](Cc3cc(Cc4ccccc4)cc(C[C@@H]4CCC5CC(=C)C[C@@H]54)c3)[C@H]2C1. The van der Waals surface area contributed by atoms with Crippen LogP contribution in [0.5, 0.6) is 0 Å². The summed E-state index contributed by atoms with van der Waals surface area (Å²) in [5.41, 5.74) is 9.19. The number of hydrogen-bond donors (Lipinski definition) is 0. The Hall–Kier alpha value is -2.08. The third kappa shape index (κ3) is 4.51.